The number of rotatable bonds is 38. The molecule has 0 aromatic carbocycles. The molecule has 9 aliphatic rings. The molecule has 0 bridgehead atoms. The number of carbonyl (C=O) groups is 6. The number of aliphatic carboxylic acids is 1. The highest BCUT2D eigenvalue weighted by atomic mass is 16.8. The number of ether oxygens (including phenoxy) is 18. The molecule has 722 valence electrons. The molecule has 0 aliphatic carbocycles. The van der Waals surface area contributed by atoms with E-state index >= 15 is 0 Å². The molecule has 0 unspecified atom stereocenters. The zero-order valence-corrected chi connectivity index (χ0v) is 67.0. The lowest BCUT2D eigenvalue weighted by Crippen LogP contribution is -2.71. The monoisotopic (exact) mass is 1830 g/mol. The molecule has 47 atom stereocenters. The molecule has 5 amide bonds. The molecular formula is C69H115N5O51. The van der Waals surface area contributed by atoms with Crippen LogP contribution in [0.3, 0.4) is 0 Å². The van der Waals surface area contributed by atoms with E-state index in [-0.39, 0.29) is 6.41 Å². The maximum atomic E-state index is 13.3. The number of hydrogen-bond acceptors (Lipinski definition) is 50. The molecule has 9 aliphatic heterocycles. The number of hydrogen-bond donors (Lipinski definition) is 32. The number of aliphatic hydroxyl groups is 26. The Hall–Kier alpha value is -4.94. The Morgan fingerprint density at radius 1 is 0.368 bits per heavy atom. The predicted molar refractivity (Wildman–Crippen MR) is 384 cm³/mol. The number of nitrogens with one attached hydrogen (secondary N) is 5. The molecule has 0 saturated carbocycles. The molecule has 56 heteroatoms. The molecular weight excluding hydrogens is 1710 g/mol. The van der Waals surface area contributed by atoms with E-state index in [1.807, 2.05) is 0 Å². The Morgan fingerprint density at radius 2 is 0.704 bits per heavy atom. The Kier molecular flexibility index (Phi) is 38.1. The zero-order chi connectivity index (χ0) is 92.4. The van der Waals surface area contributed by atoms with Crippen LogP contribution >= 0.6 is 0 Å². The van der Waals surface area contributed by atoms with E-state index in [0.717, 1.165) is 27.7 Å². The highest BCUT2D eigenvalue weighted by Gasteiger charge is 2.64. The van der Waals surface area contributed by atoms with E-state index in [2.05, 4.69) is 26.6 Å². The van der Waals surface area contributed by atoms with E-state index in [9.17, 15) is 167 Å². The highest BCUT2D eigenvalue weighted by molar-refractivity contribution is 5.77. The second kappa shape index (κ2) is 45.9. The third-order valence-electron chi connectivity index (χ3n) is 22.3. The summed E-state index contributed by atoms with van der Waals surface area (Å²) in [7, 11) is 0. The number of aliphatic hydroxyl groups excluding tert-OH is 26. The van der Waals surface area contributed by atoms with Crippen LogP contribution in [0, 0.1) is 0 Å². The number of carboxylic acids is 1. The van der Waals surface area contributed by atoms with Gasteiger partial charge >= 0.3 is 5.97 Å². The van der Waals surface area contributed by atoms with E-state index in [4.69, 9.17) is 85.3 Å². The first-order valence-electron chi connectivity index (χ1n) is 39.5. The van der Waals surface area contributed by atoms with Crippen molar-refractivity contribution in [3.05, 3.63) is 0 Å². The lowest BCUT2D eigenvalue weighted by atomic mass is 9.88. The Balaban J connectivity index is 1.00. The number of amides is 5. The normalized spacial score (nSPS) is 45.8. The quantitative estimate of drug-likeness (QED) is 0.0255. The average molecular weight is 1830 g/mol. The second-order valence-electron chi connectivity index (χ2n) is 31.1. The van der Waals surface area contributed by atoms with Gasteiger partial charge in [0.2, 0.25) is 30.0 Å². The minimum absolute atomic E-state index is 0.236. The van der Waals surface area contributed by atoms with Gasteiger partial charge in [0.25, 0.3) is 5.79 Å². The minimum Gasteiger partial charge on any atom is -0.477 e. The van der Waals surface area contributed by atoms with Crippen LogP contribution in [0.15, 0.2) is 0 Å². The SMILES string of the molecule is CC(=O)N[C@H]1[C@H](O[C@H]2[C@@H](O)[C@@H](CO[C@@H]3O[C@H](CO)[C@@H](O[C@@H]4O[C@H](CO)[C@H](O)[C@H](O[C@]5(C(=O)O)C[C@H](O)[C@@H](NC(C)=O)[C@H]([C@H](O)[C@H](O)CO)O5)[C@H]4O)[C@H](O)[C@H]3NC(C)=O)O[C@@H](O[C@H]3[C@H](O)[C@@H](NC(C)=O)[C@H](O[C@H]4[C@@H](O)[C@@H](CO)O[C@@H](O[C@H]5[C@H](O)[C@@H](O)[C@H](OC[C@@H](CO)NC=O)O[C@@H]5CO)[C@@H]4O)O[C@@H]3CO)[C@@H]2O)O[C@H](CO)[C@@H](O[C@@H]2O[C@H](CO)[C@H](O)[C@H](O)[C@H]2O)[C@@H]1O. The van der Waals surface area contributed by atoms with Gasteiger partial charge < -0.3 is 250 Å². The maximum absolute atomic E-state index is 13.3. The van der Waals surface area contributed by atoms with Gasteiger partial charge in [-0.2, -0.15) is 0 Å². The van der Waals surface area contributed by atoms with Crippen LogP contribution in [0.1, 0.15) is 34.1 Å². The number of carboxylic acid groups (broad SMARTS) is 1. The lowest BCUT2D eigenvalue weighted by Gasteiger charge is -2.51. The fourth-order valence-corrected chi connectivity index (χ4v) is 15.8. The topological polar surface area (TPSA) is 875 Å². The molecule has 0 radical (unpaired) electrons. The summed E-state index contributed by atoms with van der Waals surface area (Å²) in [5.41, 5.74) is 0. The first-order chi connectivity index (χ1) is 59.1. The summed E-state index contributed by atoms with van der Waals surface area (Å²) in [6.45, 7) is -7.95. The Morgan fingerprint density at radius 3 is 1.10 bits per heavy atom. The van der Waals surface area contributed by atoms with E-state index in [1.54, 1.807) is 0 Å². The van der Waals surface area contributed by atoms with Gasteiger partial charge in [-0.05, 0) is 0 Å². The largest absolute Gasteiger partial charge is 0.477 e. The summed E-state index contributed by atoms with van der Waals surface area (Å²) in [5, 5.41) is 312. The van der Waals surface area contributed by atoms with Crippen molar-refractivity contribution in [3.63, 3.8) is 0 Å². The van der Waals surface area contributed by atoms with Gasteiger partial charge in [-0.3, -0.25) is 24.0 Å². The van der Waals surface area contributed by atoms with Crippen molar-refractivity contribution in [1.82, 2.24) is 26.6 Å². The van der Waals surface area contributed by atoms with Gasteiger partial charge in [-0.15, -0.1) is 0 Å². The predicted octanol–water partition coefficient (Wildman–Crippen LogP) is -21.7. The van der Waals surface area contributed by atoms with Crippen LogP contribution in [-0.2, 0) is 114 Å². The molecule has 0 aromatic heterocycles. The second-order valence-corrected chi connectivity index (χ2v) is 31.1. The van der Waals surface area contributed by atoms with E-state index < -0.39 is 396 Å². The van der Waals surface area contributed by atoms with Crippen LogP contribution in [0.4, 0.5) is 0 Å². The van der Waals surface area contributed by atoms with Crippen molar-refractivity contribution < 1.29 is 252 Å². The Labute approximate surface area is 707 Å². The number of carbonyl (C=O) groups excluding carboxylic acids is 5. The van der Waals surface area contributed by atoms with Crippen molar-refractivity contribution in [2.24, 2.45) is 0 Å². The maximum Gasteiger partial charge on any atom is 0.364 e. The summed E-state index contributed by atoms with van der Waals surface area (Å²) in [4.78, 5) is 75.9. The van der Waals surface area contributed by atoms with Crippen LogP contribution in [0.2, 0.25) is 0 Å². The summed E-state index contributed by atoms with van der Waals surface area (Å²) in [6.07, 6.45) is -88.9. The van der Waals surface area contributed by atoms with Crippen molar-refractivity contribution in [2.45, 2.75) is 322 Å². The van der Waals surface area contributed by atoms with Gasteiger partial charge in [-0.25, -0.2) is 4.79 Å². The summed E-state index contributed by atoms with van der Waals surface area (Å²) < 4.78 is 106. The molecule has 0 aromatic rings. The van der Waals surface area contributed by atoms with Gasteiger partial charge in [0, 0.05) is 34.1 Å². The Bertz CT molecular complexity index is 3400. The van der Waals surface area contributed by atoms with Gasteiger partial charge in [-0.1, -0.05) is 0 Å². The average Bonchev–Trinajstić information content (AvgIpc) is 0.754. The zero-order valence-electron chi connectivity index (χ0n) is 67.0. The van der Waals surface area contributed by atoms with Gasteiger partial charge in [0.1, 0.15) is 213 Å². The lowest BCUT2D eigenvalue weighted by molar-refractivity contribution is -0.390. The van der Waals surface area contributed by atoms with Crippen molar-refractivity contribution in [2.75, 3.05) is 72.7 Å². The summed E-state index contributed by atoms with van der Waals surface area (Å²) >= 11 is 0. The molecule has 9 saturated heterocycles. The van der Waals surface area contributed by atoms with Crippen LogP contribution < -0.4 is 26.6 Å². The molecule has 0 spiro atoms. The molecule has 9 fully saturated rings. The molecule has 9 heterocycles. The molecule has 9 rings (SSSR count). The minimum atomic E-state index is -3.30. The first-order valence-corrected chi connectivity index (χ1v) is 39.5. The van der Waals surface area contributed by atoms with Gasteiger partial charge in [0.15, 0.2) is 50.3 Å². The van der Waals surface area contributed by atoms with E-state index in [0.29, 0.717) is 0 Å². The summed E-state index contributed by atoms with van der Waals surface area (Å²) in [5.74, 6) is -9.34. The fraction of sp³-hybridized carbons (Fsp3) is 0.913. The molecule has 32 N–H and O–H groups in total. The third-order valence-corrected chi connectivity index (χ3v) is 22.3. The third kappa shape index (κ3) is 23.6. The van der Waals surface area contributed by atoms with Crippen molar-refractivity contribution in [3.8, 4) is 0 Å². The van der Waals surface area contributed by atoms with Crippen LogP contribution in [0.25, 0.3) is 0 Å². The van der Waals surface area contributed by atoms with Crippen LogP contribution in [0.5, 0.6) is 0 Å². The standard InChI is InChI=1S/C69H115N5O51/c1-18(85)71-33-23(89)5-69(68(106)107,124-56(33)37(91)24(90)7-76)125-59-40(94)27(10-79)112-67(51(59)105)120-52-28(11-80)113-60(34(42(52)96)72-19(2)86)109-16-32-41(95)58(123-62-35(73-20(3)87)43(97)53(29(12-81)114-62)118-64-47(101)45(99)38(92)25(8-77)110-64)50(104)66(117-32)119-54-30(13-82)115-61(36(44(54)98)74-21(4)88)122-57-39(93)26(9-78)111-65(49(57)103)121-55-31(14-83)116-63(48(102)46(55)100)108-15-22(6-75)70-17-84/h17,22-67,75-83,89-105H,5-16H2,1-4H3,(H,70,84)(H,71,85)(H,72,86)(H,73,87)(H,74,88)(H,106,107)/t22-,23+,24-,25-,26-,27-,28-,29-,30-,31-,32-,33-,34-,35-,36-,37-,38+,39+,40+,41+,42-,43-,44-,45+,46-,47-,48-,49-,50-,51-,52-,53-,54-,55-,56-,57+,58+,59+,60-,61+,62+,63-,64+,65+,66+,67+,69+/m1/s1. The van der Waals surface area contributed by atoms with E-state index in [1.165, 1.54) is 0 Å². The first kappa shape index (κ1) is 104. The highest BCUT2D eigenvalue weighted by Crippen LogP contribution is 2.42. The smallest absolute Gasteiger partial charge is 0.364 e. The van der Waals surface area contributed by atoms with Crippen LogP contribution in [-0.4, -0.2) is 534 Å². The molecule has 56 nitrogen and oxygen atoms in total. The molecule has 125 heavy (non-hydrogen) atoms. The summed E-state index contributed by atoms with van der Waals surface area (Å²) in [6, 6.07) is -8.84. The van der Waals surface area contributed by atoms with Crippen molar-refractivity contribution in [1.29, 1.82) is 0 Å². The van der Waals surface area contributed by atoms with Gasteiger partial charge in [0.05, 0.1) is 90.9 Å². The van der Waals surface area contributed by atoms with Crippen molar-refractivity contribution >= 4 is 36.0 Å². The fourth-order valence-electron chi connectivity index (χ4n) is 15.8.